The fourth-order valence-electron chi connectivity index (χ4n) is 1.59. The third-order valence-electron chi connectivity index (χ3n) is 2.49. The molecular weight excluding hydrogens is 208 g/mol. The monoisotopic (exact) mass is 224 g/mol. The van der Waals surface area contributed by atoms with Crippen LogP contribution in [0.2, 0.25) is 0 Å². The van der Waals surface area contributed by atoms with Gasteiger partial charge in [-0.25, -0.2) is 4.79 Å². The molecule has 0 amide bonds. The van der Waals surface area contributed by atoms with Gasteiger partial charge in [0.1, 0.15) is 5.75 Å². The average Bonchev–Trinajstić information content (AvgIpc) is 2.17. The van der Waals surface area contributed by atoms with Crippen molar-refractivity contribution in [1.29, 1.82) is 0 Å². The molecule has 1 atom stereocenters. The molecule has 0 spiro atoms. The second-order valence-corrected chi connectivity index (χ2v) is 4.02. The lowest BCUT2D eigenvalue weighted by molar-refractivity contribution is -0.156. The van der Waals surface area contributed by atoms with Gasteiger partial charge in [-0.1, -0.05) is 18.2 Å². The molecule has 1 unspecified atom stereocenters. The van der Waals surface area contributed by atoms with Gasteiger partial charge in [-0.15, -0.1) is 0 Å². The summed E-state index contributed by atoms with van der Waals surface area (Å²) in [6, 6.07) is 5.44. The lowest BCUT2D eigenvalue weighted by Crippen LogP contribution is -2.37. The van der Waals surface area contributed by atoms with Crippen LogP contribution in [0, 0.1) is 6.92 Å². The van der Waals surface area contributed by atoms with Crippen LogP contribution in [-0.2, 0) is 11.2 Å². The van der Waals surface area contributed by atoms with E-state index in [4.69, 9.17) is 9.84 Å². The van der Waals surface area contributed by atoms with Crippen molar-refractivity contribution in [3.8, 4) is 5.75 Å². The fourth-order valence-corrected chi connectivity index (χ4v) is 1.59. The summed E-state index contributed by atoms with van der Waals surface area (Å²) >= 11 is 0. The average molecular weight is 224 g/mol. The quantitative estimate of drug-likeness (QED) is 0.810. The predicted octanol–water partition coefficient (Wildman–Crippen LogP) is 1.38. The van der Waals surface area contributed by atoms with Crippen molar-refractivity contribution >= 4 is 5.97 Å². The van der Waals surface area contributed by atoms with Crippen LogP contribution in [0.25, 0.3) is 0 Å². The maximum Gasteiger partial charge on any atom is 0.335 e. The molecule has 0 aliphatic rings. The normalized spacial score (nSPS) is 14.2. The van der Waals surface area contributed by atoms with Gasteiger partial charge in [-0.05, 0) is 25.0 Å². The number of aryl methyl sites for hydroxylation is 1. The number of carbonyl (C=O) groups is 1. The van der Waals surface area contributed by atoms with Gasteiger partial charge < -0.3 is 14.9 Å². The molecule has 1 aromatic rings. The molecular formula is C12H16O4. The minimum Gasteiger partial charge on any atom is -0.496 e. The largest absolute Gasteiger partial charge is 0.496 e. The summed E-state index contributed by atoms with van der Waals surface area (Å²) < 4.78 is 5.20. The van der Waals surface area contributed by atoms with Crippen molar-refractivity contribution in [2.45, 2.75) is 25.9 Å². The smallest absolute Gasteiger partial charge is 0.335 e. The van der Waals surface area contributed by atoms with E-state index in [-0.39, 0.29) is 6.42 Å². The SMILES string of the molecule is COc1c(C)cccc1CC(C)(O)C(=O)O. The zero-order chi connectivity index (χ0) is 12.3. The van der Waals surface area contributed by atoms with E-state index in [2.05, 4.69) is 0 Å². The summed E-state index contributed by atoms with van der Waals surface area (Å²) in [6.07, 6.45) is 0.0210. The van der Waals surface area contributed by atoms with E-state index < -0.39 is 11.6 Å². The Bertz CT molecular complexity index is 396. The molecule has 0 saturated carbocycles. The number of benzene rings is 1. The van der Waals surface area contributed by atoms with Gasteiger partial charge in [0, 0.05) is 6.42 Å². The van der Waals surface area contributed by atoms with Crippen LogP contribution in [0.5, 0.6) is 5.75 Å². The number of methoxy groups -OCH3 is 1. The summed E-state index contributed by atoms with van der Waals surface area (Å²) in [5, 5.41) is 18.5. The molecule has 88 valence electrons. The van der Waals surface area contributed by atoms with Gasteiger partial charge in [0.2, 0.25) is 0 Å². The topological polar surface area (TPSA) is 66.8 Å². The van der Waals surface area contributed by atoms with E-state index in [1.54, 1.807) is 6.07 Å². The first-order valence-corrected chi connectivity index (χ1v) is 4.96. The van der Waals surface area contributed by atoms with Gasteiger partial charge in [-0.2, -0.15) is 0 Å². The van der Waals surface area contributed by atoms with Gasteiger partial charge in [0.15, 0.2) is 5.60 Å². The Hall–Kier alpha value is -1.55. The molecule has 1 aromatic carbocycles. The summed E-state index contributed by atoms with van der Waals surface area (Å²) in [6.45, 7) is 3.15. The highest BCUT2D eigenvalue weighted by atomic mass is 16.5. The number of carboxylic acids is 1. The third kappa shape index (κ3) is 2.52. The number of rotatable bonds is 4. The predicted molar refractivity (Wildman–Crippen MR) is 59.7 cm³/mol. The van der Waals surface area contributed by atoms with Crippen molar-refractivity contribution < 1.29 is 19.7 Å². The van der Waals surface area contributed by atoms with Crippen LogP contribution < -0.4 is 4.74 Å². The van der Waals surface area contributed by atoms with Gasteiger partial charge in [0.05, 0.1) is 7.11 Å². The van der Waals surface area contributed by atoms with Crippen molar-refractivity contribution in [3.63, 3.8) is 0 Å². The fraction of sp³-hybridized carbons (Fsp3) is 0.417. The number of hydrogen-bond donors (Lipinski definition) is 2. The van der Waals surface area contributed by atoms with Gasteiger partial charge in [0.25, 0.3) is 0 Å². The number of para-hydroxylation sites is 1. The first-order valence-electron chi connectivity index (χ1n) is 4.96. The lowest BCUT2D eigenvalue weighted by atomic mass is 9.95. The van der Waals surface area contributed by atoms with Crippen molar-refractivity contribution in [3.05, 3.63) is 29.3 Å². The third-order valence-corrected chi connectivity index (χ3v) is 2.49. The van der Waals surface area contributed by atoms with Crippen molar-refractivity contribution in [2.24, 2.45) is 0 Å². The van der Waals surface area contributed by atoms with Gasteiger partial charge >= 0.3 is 5.97 Å². The molecule has 0 radical (unpaired) electrons. The van der Waals surface area contributed by atoms with E-state index in [0.717, 1.165) is 5.56 Å². The number of aliphatic carboxylic acids is 1. The lowest BCUT2D eigenvalue weighted by Gasteiger charge is -2.20. The van der Waals surface area contributed by atoms with Crippen LogP contribution in [0.15, 0.2) is 18.2 Å². The number of aliphatic hydroxyl groups is 1. The molecule has 0 fully saturated rings. The first kappa shape index (κ1) is 12.5. The summed E-state index contributed by atoms with van der Waals surface area (Å²) in [7, 11) is 1.53. The van der Waals surface area contributed by atoms with Crippen LogP contribution in [0.3, 0.4) is 0 Å². The molecule has 0 aliphatic heterocycles. The van der Waals surface area contributed by atoms with Crippen molar-refractivity contribution in [1.82, 2.24) is 0 Å². The van der Waals surface area contributed by atoms with E-state index >= 15 is 0 Å². The van der Waals surface area contributed by atoms with Crippen LogP contribution >= 0.6 is 0 Å². The van der Waals surface area contributed by atoms with Crippen molar-refractivity contribution in [2.75, 3.05) is 7.11 Å². The molecule has 0 bridgehead atoms. The Morgan fingerprint density at radius 3 is 2.62 bits per heavy atom. The number of ether oxygens (including phenoxy) is 1. The van der Waals surface area contributed by atoms with Crippen LogP contribution in [0.1, 0.15) is 18.1 Å². The second kappa shape index (κ2) is 4.53. The summed E-state index contributed by atoms with van der Waals surface area (Å²) in [4.78, 5) is 10.8. The highest BCUT2D eigenvalue weighted by Crippen LogP contribution is 2.26. The maximum absolute atomic E-state index is 10.8. The number of carboxylic acid groups (broad SMARTS) is 1. The minimum atomic E-state index is -1.78. The molecule has 0 saturated heterocycles. The maximum atomic E-state index is 10.8. The van der Waals surface area contributed by atoms with Crippen LogP contribution in [0.4, 0.5) is 0 Å². The Kier molecular flexibility index (Phi) is 3.55. The molecule has 0 aromatic heterocycles. The molecule has 0 heterocycles. The zero-order valence-electron chi connectivity index (χ0n) is 9.65. The minimum absolute atomic E-state index is 0.0210. The molecule has 2 N–H and O–H groups in total. The van der Waals surface area contributed by atoms with E-state index in [9.17, 15) is 9.90 Å². The Morgan fingerprint density at radius 2 is 2.12 bits per heavy atom. The van der Waals surface area contributed by atoms with E-state index in [1.165, 1.54) is 14.0 Å². The van der Waals surface area contributed by atoms with E-state index in [1.807, 2.05) is 19.1 Å². The summed E-state index contributed by atoms with van der Waals surface area (Å²) in [5.41, 5.74) is -0.169. The zero-order valence-corrected chi connectivity index (χ0v) is 9.65. The molecule has 4 heteroatoms. The molecule has 1 rings (SSSR count). The Morgan fingerprint density at radius 1 is 1.50 bits per heavy atom. The first-order chi connectivity index (χ1) is 7.38. The molecule has 4 nitrogen and oxygen atoms in total. The Labute approximate surface area is 94.5 Å². The highest BCUT2D eigenvalue weighted by molar-refractivity contribution is 5.77. The second-order valence-electron chi connectivity index (χ2n) is 4.02. The van der Waals surface area contributed by atoms with E-state index in [0.29, 0.717) is 11.3 Å². The standard InChI is InChI=1S/C12H16O4/c1-8-5-4-6-9(10(8)16-3)7-12(2,15)11(13)14/h4-6,15H,7H2,1-3H3,(H,13,14). The van der Waals surface area contributed by atoms with Crippen LogP contribution in [-0.4, -0.2) is 28.9 Å². The Balaban J connectivity index is 3.06. The highest BCUT2D eigenvalue weighted by Gasteiger charge is 2.31. The molecule has 16 heavy (non-hydrogen) atoms. The van der Waals surface area contributed by atoms with Gasteiger partial charge in [-0.3, -0.25) is 0 Å². The molecule has 0 aliphatic carbocycles. The summed E-state index contributed by atoms with van der Waals surface area (Å²) in [5.74, 6) is -0.611. The number of hydrogen-bond acceptors (Lipinski definition) is 3.